The van der Waals surface area contributed by atoms with Gasteiger partial charge in [0.25, 0.3) is 0 Å². The van der Waals surface area contributed by atoms with Crippen molar-refractivity contribution in [3.05, 3.63) is 77.2 Å². The number of nitrogen functional groups attached to an aromatic ring is 1. The molecule has 0 atom stereocenters. The zero-order valence-corrected chi connectivity index (χ0v) is 13.2. The summed E-state index contributed by atoms with van der Waals surface area (Å²) in [5.41, 5.74) is 8.56. The molecule has 0 amide bonds. The first kappa shape index (κ1) is 15.6. The van der Waals surface area contributed by atoms with Gasteiger partial charge in [0.1, 0.15) is 23.3 Å². The van der Waals surface area contributed by atoms with Gasteiger partial charge < -0.3 is 10.5 Å². The van der Waals surface area contributed by atoms with E-state index in [1.54, 1.807) is 22.8 Å². The van der Waals surface area contributed by atoms with Crippen LogP contribution in [-0.4, -0.2) is 4.57 Å². The van der Waals surface area contributed by atoms with Crippen LogP contribution in [0.15, 0.2) is 54.6 Å². The summed E-state index contributed by atoms with van der Waals surface area (Å²) in [7, 11) is 0. The van der Waals surface area contributed by atoms with Crippen LogP contribution in [0, 0.1) is 24.1 Å². The van der Waals surface area contributed by atoms with Crippen molar-refractivity contribution in [2.24, 2.45) is 0 Å². The fourth-order valence-corrected chi connectivity index (χ4v) is 2.45. The van der Waals surface area contributed by atoms with Crippen LogP contribution in [0.1, 0.15) is 16.8 Å². The van der Waals surface area contributed by atoms with E-state index in [0.29, 0.717) is 29.6 Å². The Labute approximate surface area is 139 Å². The van der Waals surface area contributed by atoms with Gasteiger partial charge in [-0.3, -0.25) is 4.57 Å². The topological polar surface area (TPSA) is 64.0 Å². The lowest BCUT2D eigenvalue weighted by molar-refractivity contribution is 0.437. The first-order valence-corrected chi connectivity index (χ1v) is 7.45. The molecule has 0 aliphatic heterocycles. The molecule has 0 radical (unpaired) electrons. The maximum atomic E-state index is 13.4. The number of nitrogens with two attached hydrogens (primary N) is 1. The first-order chi connectivity index (χ1) is 11.6. The molecular weight excluding hydrogens is 305 g/mol. The summed E-state index contributed by atoms with van der Waals surface area (Å²) in [6.45, 7) is 2.28. The third-order valence-electron chi connectivity index (χ3n) is 3.65. The average molecular weight is 321 g/mol. The molecule has 5 heteroatoms. The van der Waals surface area contributed by atoms with Crippen molar-refractivity contribution >= 4 is 5.69 Å². The second-order valence-corrected chi connectivity index (χ2v) is 5.53. The van der Waals surface area contributed by atoms with Crippen LogP contribution in [0.5, 0.6) is 11.6 Å². The number of rotatable bonds is 4. The lowest BCUT2D eigenvalue weighted by Gasteiger charge is -2.13. The molecule has 0 aliphatic rings. The standard InChI is InChI=1S/C19H16FN3O/c1-13-5-7-17(8-6-13)24-19-18(22)10-16(11-21)23(19)12-14-3-2-4-15(20)9-14/h2-10H,12,22H2,1H3. The Morgan fingerprint density at radius 3 is 2.58 bits per heavy atom. The maximum absolute atomic E-state index is 13.4. The van der Waals surface area contributed by atoms with Crippen molar-refractivity contribution < 1.29 is 9.13 Å². The summed E-state index contributed by atoms with van der Waals surface area (Å²) in [4.78, 5) is 0. The number of nitrogens with zero attached hydrogens (tertiary/aromatic N) is 2. The molecule has 120 valence electrons. The van der Waals surface area contributed by atoms with Crippen molar-refractivity contribution in [2.75, 3.05) is 5.73 Å². The van der Waals surface area contributed by atoms with Gasteiger partial charge in [0.05, 0.1) is 12.2 Å². The molecule has 1 aromatic heterocycles. The van der Waals surface area contributed by atoms with Gasteiger partial charge in [0.2, 0.25) is 5.88 Å². The third kappa shape index (κ3) is 3.23. The molecule has 3 aromatic rings. The van der Waals surface area contributed by atoms with Gasteiger partial charge in [0.15, 0.2) is 0 Å². The Balaban J connectivity index is 1.98. The second-order valence-electron chi connectivity index (χ2n) is 5.53. The molecule has 0 aliphatic carbocycles. The summed E-state index contributed by atoms with van der Waals surface area (Å²) < 4.78 is 20.9. The Morgan fingerprint density at radius 1 is 1.17 bits per heavy atom. The minimum atomic E-state index is -0.327. The van der Waals surface area contributed by atoms with Crippen molar-refractivity contribution in [2.45, 2.75) is 13.5 Å². The van der Waals surface area contributed by atoms with E-state index in [0.717, 1.165) is 11.1 Å². The molecule has 0 unspecified atom stereocenters. The molecule has 0 spiro atoms. The van der Waals surface area contributed by atoms with Gasteiger partial charge in [-0.15, -0.1) is 0 Å². The molecule has 0 saturated carbocycles. The Kier molecular flexibility index (Phi) is 4.21. The van der Waals surface area contributed by atoms with Gasteiger partial charge in [0, 0.05) is 6.07 Å². The van der Waals surface area contributed by atoms with E-state index in [-0.39, 0.29) is 5.82 Å². The van der Waals surface area contributed by atoms with E-state index in [9.17, 15) is 9.65 Å². The predicted molar refractivity (Wildman–Crippen MR) is 90.3 cm³/mol. The van der Waals surface area contributed by atoms with Crippen LogP contribution < -0.4 is 10.5 Å². The molecule has 1 heterocycles. The number of halogens is 1. The van der Waals surface area contributed by atoms with Gasteiger partial charge in [-0.2, -0.15) is 5.26 Å². The number of ether oxygens (including phenoxy) is 1. The van der Waals surface area contributed by atoms with Crippen LogP contribution in [0.25, 0.3) is 0 Å². The number of hydrogen-bond donors (Lipinski definition) is 1. The highest BCUT2D eigenvalue weighted by molar-refractivity contribution is 5.56. The summed E-state index contributed by atoms with van der Waals surface area (Å²) in [5, 5.41) is 9.34. The van der Waals surface area contributed by atoms with Crippen LogP contribution in [0.2, 0.25) is 0 Å². The molecule has 0 bridgehead atoms. The van der Waals surface area contributed by atoms with Gasteiger partial charge in [-0.1, -0.05) is 29.8 Å². The third-order valence-corrected chi connectivity index (χ3v) is 3.65. The summed E-state index contributed by atoms with van der Waals surface area (Å²) >= 11 is 0. The predicted octanol–water partition coefficient (Wildman–Crippen LogP) is 4.23. The lowest BCUT2D eigenvalue weighted by atomic mass is 10.2. The fraction of sp³-hybridized carbons (Fsp3) is 0.105. The van der Waals surface area contributed by atoms with E-state index in [4.69, 9.17) is 10.5 Å². The summed E-state index contributed by atoms with van der Waals surface area (Å²) in [6, 6.07) is 17.4. The highest BCUT2D eigenvalue weighted by atomic mass is 19.1. The van der Waals surface area contributed by atoms with Crippen molar-refractivity contribution in [1.29, 1.82) is 5.26 Å². The monoisotopic (exact) mass is 321 g/mol. The number of nitriles is 1. The molecule has 0 fully saturated rings. The van der Waals surface area contributed by atoms with Crippen LogP contribution in [0.3, 0.4) is 0 Å². The quantitative estimate of drug-likeness (QED) is 0.782. The zero-order valence-electron chi connectivity index (χ0n) is 13.2. The summed E-state index contributed by atoms with van der Waals surface area (Å²) in [5.74, 6) is 0.669. The largest absolute Gasteiger partial charge is 0.439 e. The fourth-order valence-electron chi connectivity index (χ4n) is 2.45. The van der Waals surface area contributed by atoms with E-state index in [1.165, 1.54) is 12.1 Å². The molecule has 24 heavy (non-hydrogen) atoms. The zero-order chi connectivity index (χ0) is 17.1. The minimum absolute atomic E-state index is 0.291. The highest BCUT2D eigenvalue weighted by Gasteiger charge is 2.16. The molecule has 3 rings (SSSR count). The Hall–Kier alpha value is -3.26. The molecular formula is C19H16FN3O. The summed E-state index contributed by atoms with van der Waals surface area (Å²) in [6.07, 6.45) is 0. The number of aromatic nitrogens is 1. The Morgan fingerprint density at radius 2 is 1.92 bits per heavy atom. The van der Waals surface area contributed by atoms with Crippen molar-refractivity contribution in [3.63, 3.8) is 0 Å². The van der Waals surface area contributed by atoms with Crippen molar-refractivity contribution in [3.8, 4) is 17.7 Å². The normalized spacial score (nSPS) is 10.4. The molecule has 2 N–H and O–H groups in total. The van der Waals surface area contributed by atoms with Crippen LogP contribution in [0.4, 0.5) is 10.1 Å². The number of aryl methyl sites for hydroxylation is 1. The first-order valence-electron chi connectivity index (χ1n) is 7.45. The van der Waals surface area contributed by atoms with Gasteiger partial charge in [-0.05, 0) is 36.8 Å². The number of anilines is 1. The smallest absolute Gasteiger partial charge is 0.224 e. The Bertz CT molecular complexity index is 907. The molecule has 0 saturated heterocycles. The van der Waals surface area contributed by atoms with E-state index in [1.807, 2.05) is 31.2 Å². The van der Waals surface area contributed by atoms with Crippen LogP contribution in [-0.2, 0) is 6.54 Å². The van der Waals surface area contributed by atoms with E-state index < -0.39 is 0 Å². The van der Waals surface area contributed by atoms with E-state index in [2.05, 4.69) is 6.07 Å². The van der Waals surface area contributed by atoms with Gasteiger partial charge >= 0.3 is 0 Å². The molecule has 4 nitrogen and oxygen atoms in total. The minimum Gasteiger partial charge on any atom is -0.439 e. The molecule has 2 aromatic carbocycles. The van der Waals surface area contributed by atoms with Crippen molar-refractivity contribution in [1.82, 2.24) is 4.57 Å². The van der Waals surface area contributed by atoms with Gasteiger partial charge in [-0.25, -0.2) is 4.39 Å². The number of benzene rings is 2. The lowest BCUT2D eigenvalue weighted by Crippen LogP contribution is -2.05. The highest BCUT2D eigenvalue weighted by Crippen LogP contribution is 2.32. The average Bonchev–Trinajstić information content (AvgIpc) is 2.85. The van der Waals surface area contributed by atoms with E-state index >= 15 is 0 Å². The maximum Gasteiger partial charge on any atom is 0.224 e. The SMILES string of the molecule is Cc1ccc(Oc2c(N)cc(C#N)n2Cc2cccc(F)c2)cc1. The second kappa shape index (κ2) is 6.47. The number of hydrogen-bond acceptors (Lipinski definition) is 3. The van der Waals surface area contributed by atoms with Crippen LogP contribution >= 0.6 is 0 Å².